The summed E-state index contributed by atoms with van der Waals surface area (Å²) in [5.41, 5.74) is 1.07. The van der Waals surface area contributed by atoms with Crippen LogP contribution in [0.2, 0.25) is 0 Å². The van der Waals surface area contributed by atoms with Gasteiger partial charge in [0.05, 0.1) is 32.1 Å². The van der Waals surface area contributed by atoms with E-state index in [9.17, 15) is 0 Å². The smallest absolute Gasteiger partial charge is 0.191 e. The zero-order valence-electron chi connectivity index (χ0n) is 12.6. The molecule has 2 N–H and O–H groups in total. The minimum atomic E-state index is 0.594. The maximum Gasteiger partial charge on any atom is 0.191 e. The minimum Gasteiger partial charge on any atom is -0.382 e. The molecule has 0 saturated heterocycles. The van der Waals surface area contributed by atoms with Crippen molar-refractivity contribution in [1.82, 2.24) is 20.4 Å². The molecule has 0 aliphatic carbocycles. The second-order valence-electron chi connectivity index (χ2n) is 4.17. The third-order valence-corrected chi connectivity index (χ3v) is 2.64. The molecule has 0 saturated carbocycles. The number of nitrogens with zero attached hydrogens (tertiary/aromatic N) is 3. The molecule has 0 radical (unpaired) electrons. The van der Waals surface area contributed by atoms with E-state index < -0.39 is 0 Å². The Morgan fingerprint density at radius 2 is 2.20 bits per heavy atom. The standard InChI is InChI=1S/C13H25N5O2/c1-4-14-13(15-7-8-20-10-9-19-3)16-11-12-5-6-17-18(12)2/h5-6H,4,7-11H2,1-3H3,(H2,14,15,16). The van der Waals surface area contributed by atoms with E-state index in [2.05, 4.69) is 20.7 Å². The van der Waals surface area contributed by atoms with Crippen LogP contribution in [0.4, 0.5) is 0 Å². The molecule has 0 aliphatic rings. The maximum absolute atomic E-state index is 5.39. The third kappa shape index (κ3) is 6.53. The van der Waals surface area contributed by atoms with Crippen LogP contribution in [0.5, 0.6) is 0 Å². The molecule has 0 atom stereocenters. The first-order chi connectivity index (χ1) is 9.77. The topological polar surface area (TPSA) is 72.7 Å². The molecule has 114 valence electrons. The zero-order chi connectivity index (χ0) is 14.6. The Morgan fingerprint density at radius 3 is 2.85 bits per heavy atom. The molecule has 1 rings (SSSR count). The van der Waals surface area contributed by atoms with Crippen LogP contribution in [0.25, 0.3) is 0 Å². The molecule has 0 unspecified atom stereocenters. The highest BCUT2D eigenvalue weighted by Gasteiger charge is 2.00. The number of methoxy groups -OCH3 is 1. The van der Waals surface area contributed by atoms with E-state index in [0.717, 1.165) is 18.2 Å². The van der Waals surface area contributed by atoms with Crippen molar-refractivity contribution in [2.24, 2.45) is 12.0 Å². The summed E-state index contributed by atoms with van der Waals surface area (Å²) in [5, 5.41) is 10.5. The summed E-state index contributed by atoms with van der Waals surface area (Å²) in [6.45, 7) is 6.02. The highest BCUT2D eigenvalue weighted by molar-refractivity contribution is 5.79. The van der Waals surface area contributed by atoms with Crippen LogP contribution in [0.3, 0.4) is 0 Å². The number of ether oxygens (including phenoxy) is 2. The molecule has 0 spiro atoms. The summed E-state index contributed by atoms with van der Waals surface area (Å²) < 4.78 is 12.1. The van der Waals surface area contributed by atoms with Gasteiger partial charge < -0.3 is 20.1 Å². The van der Waals surface area contributed by atoms with E-state index in [1.54, 1.807) is 13.3 Å². The van der Waals surface area contributed by atoms with Gasteiger partial charge in [0, 0.05) is 33.4 Å². The van der Waals surface area contributed by atoms with E-state index in [-0.39, 0.29) is 0 Å². The Balaban J connectivity index is 2.30. The number of guanidine groups is 1. The SMILES string of the molecule is CCNC(=NCc1ccnn1C)NCCOCCOC. The summed E-state index contributed by atoms with van der Waals surface area (Å²) in [6, 6.07) is 1.96. The van der Waals surface area contributed by atoms with E-state index in [0.29, 0.717) is 32.9 Å². The lowest BCUT2D eigenvalue weighted by atomic mass is 10.4. The Hall–Kier alpha value is -1.60. The first-order valence-electron chi connectivity index (χ1n) is 6.83. The largest absolute Gasteiger partial charge is 0.382 e. The number of nitrogens with one attached hydrogen (secondary N) is 2. The fourth-order valence-electron chi connectivity index (χ4n) is 1.54. The molecule has 7 nitrogen and oxygen atoms in total. The van der Waals surface area contributed by atoms with Gasteiger partial charge in [-0.1, -0.05) is 0 Å². The molecular weight excluding hydrogens is 258 g/mol. The number of aryl methyl sites for hydroxylation is 1. The van der Waals surface area contributed by atoms with Crippen molar-refractivity contribution >= 4 is 5.96 Å². The molecule has 0 bridgehead atoms. The van der Waals surface area contributed by atoms with Crippen LogP contribution >= 0.6 is 0 Å². The molecule has 0 aliphatic heterocycles. The van der Waals surface area contributed by atoms with Crippen LogP contribution in [0, 0.1) is 0 Å². The van der Waals surface area contributed by atoms with Gasteiger partial charge in [0.15, 0.2) is 5.96 Å². The molecule has 7 heteroatoms. The van der Waals surface area contributed by atoms with Gasteiger partial charge in [-0.25, -0.2) is 4.99 Å². The molecule has 1 aromatic rings. The summed E-state index contributed by atoms with van der Waals surface area (Å²) in [7, 11) is 3.57. The number of hydrogen-bond acceptors (Lipinski definition) is 4. The van der Waals surface area contributed by atoms with Crippen LogP contribution in [-0.2, 0) is 23.1 Å². The van der Waals surface area contributed by atoms with E-state index in [4.69, 9.17) is 9.47 Å². The fraction of sp³-hybridized carbons (Fsp3) is 0.692. The summed E-state index contributed by atoms with van der Waals surface area (Å²) >= 11 is 0. The third-order valence-electron chi connectivity index (χ3n) is 2.64. The highest BCUT2D eigenvalue weighted by atomic mass is 16.5. The molecule has 20 heavy (non-hydrogen) atoms. The zero-order valence-corrected chi connectivity index (χ0v) is 12.6. The summed E-state index contributed by atoms with van der Waals surface area (Å²) in [6.07, 6.45) is 1.77. The van der Waals surface area contributed by atoms with Gasteiger partial charge in [-0.3, -0.25) is 4.68 Å². The number of aromatic nitrogens is 2. The quantitative estimate of drug-likeness (QED) is 0.383. The second-order valence-corrected chi connectivity index (χ2v) is 4.17. The van der Waals surface area contributed by atoms with Crippen LogP contribution in [0.1, 0.15) is 12.6 Å². The van der Waals surface area contributed by atoms with Crippen molar-refractivity contribution in [2.75, 3.05) is 40.0 Å². The summed E-state index contributed by atoms with van der Waals surface area (Å²) in [5.74, 6) is 0.782. The predicted octanol–water partition coefficient (Wildman–Crippen LogP) is 0.138. The average molecular weight is 283 g/mol. The van der Waals surface area contributed by atoms with Crippen molar-refractivity contribution in [3.8, 4) is 0 Å². The average Bonchev–Trinajstić information content (AvgIpc) is 2.85. The molecule has 0 amide bonds. The van der Waals surface area contributed by atoms with Gasteiger partial charge in [-0.2, -0.15) is 5.10 Å². The lowest BCUT2D eigenvalue weighted by molar-refractivity contribution is 0.0733. The Bertz CT molecular complexity index is 392. The van der Waals surface area contributed by atoms with Gasteiger partial charge in [0.25, 0.3) is 0 Å². The van der Waals surface area contributed by atoms with Crippen LogP contribution in [0.15, 0.2) is 17.3 Å². The summed E-state index contributed by atoms with van der Waals surface area (Å²) in [4.78, 5) is 4.50. The Labute approximate surface area is 120 Å². The van der Waals surface area contributed by atoms with Crippen molar-refractivity contribution < 1.29 is 9.47 Å². The van der Waals surface area contributed by atoms with Crippen molar-refractivity contribution in [2.45, 2.75) is 13.5 Å². The van der Waals surface area contributed by atoms with Gasteiger partial charge >= 0.3 is 0 Å². The van der Waals surface area contributed by atoms with E-state index in [1.165, 1.54) is 0 Å². The molecule has 1 heterocycles. The van der Waals surface area contributed by atoms with Crippen molar-refractivity contribution in [1.29, 1.82) is 0 Å². The lowest BCUT2D eigenvalue weighted by Crippen LogP contribution is -2.39. The number of hydrogen-bond donors (Lipinski definition) is 2. The number of aliphatic imine (C=N–C) groups is 1. The predicted molar refractivity (Wildman–Crippen MR) is 78.7 cm³/mol. The Kier molecular flexibility index (Phi) is 8.41. The first kappa shape index (κ1) is 16.5. The van der Waals surface area contributed by atoms with Gasteiger partial charge in [-0.15, -0.1) is 0 Å². The van der Waals surface area contributed by atoms with Gasteiger partial charge in [-0.05, 0) is 13.0 Å². The van der Waals surface area contributed by atoms with E-state index >= 15 is 0 Å². The van der Waals surface area contributed by atoms with E-state index in [1.807, 2.05) is 24.7 Å². The molecule has 1 aromatic heterocycles. The van der Waals surface area contributed by atoms with Crippen molar-refractivity contribution in [3.63, 3.8) is 0 Å². The normalized spacial score (nSPS) is 11.7. The second kappa shape index (κ2) is 10.2. The first-order valence-corrected chi connectivity index (χ1v) is 6.83. The number of rotatable bonds is 9. The van der Waals surface area contributed by atoms with Crippen molar-refractivity contribution in [3.05, 3.63) is 18.0 Å². The van der Waals surface area contributed by atoms with Gasteiger partial charge in [0.1, 0.15) is 0 Å². The van der Waals surface area contributed by atoms with Crippen LogP contribution < -0.4 is 10.6 Å². The monoisotopic (exact) mass is 283 g/mol. The molecule has 0 fully saturated rings. The lowest BCUT2D eigenvalue weighted by Gasteiger charge is -2.11. The van der Waals surface area contributed by atoms with Gasteiger partial charge in [0.2, 0.25) is 0 Å². The molecular formula is C13H25N5O2. The van der Waals surface area contributed by atoms with Crippen LogP contribution in [-0.4, -0.2) is 55.8 Å². The minimum absolute atomic E-state index is 0.594. The fourth-order valence-corrected chi connectivity index (χ4v) is 1.54. The molecule has 0 aromatic carbocycles. The Morgan fingerprint density at radius 1 is 1.35 bits per heavy atom. The maximum atomic E-state index is 5.39. The highest BCUT2D eigenvalue weighted by Crippen LogP contribution is 1.97.